The minimum Gasteiger partial charge on any atom is -0.489 e. The van der Waals surface area contributed by atoms with Gasteiger partial charge in [-0.05, 0) is 24.6 Å². The minimum atomic E-state index is -0.505. The highest BCUT2D eigenvalue weighted by atomic mass is 16.5. The first-order valence-electron chi connectivity index (χ1n) is 9.06. The molecule has 28 heavy (non-hydrogen) atoms. The average Bonchev–Trinajstić information content (AvgIpc) is 2.74. The number of carbonyl (C=O) groups excluding carboxylic acids is 1. The van der Waals surface area contributed by atoms with E-state index in [2.05, 4.69) is 32.0 Å². The SMILES string of the molecule is CCc1cnc(NC(=O)Nc2cc(C#N)ccc2OCC2CNCCO2)cn1. The number of nitrogens with one attached hydrogen (secondary N) is 3. The van der Waals surface area contributed by atoms with Gasteiger partial charge in [0.1, 0.15) is 18.5 Å². The van der Waals surface area contributed by atoms with Crippen LogP contribution in [0.15, 0.2) is 30.6 Å². The van der Waals surface area contributed by atoms with E-state index < -0.39 is 6.03 Å². The number of rotatable bonds is 6. The summed E-state index contributed by atoms with van der Waals surface area (Å²) in [6, 6.07) is 6.39. The molecule has 1 unspecified atom stereocenters. The Morgan fingerprint density at radius 1 is 1.39 bits per heavy atom. The fourth-order valence-corrected chi connectivity index (χ4v) is 2.60. The normalized spacial score (nSPS) is 16.1. The molecule has 9 heteroatoms. The van der Waals surface area contributed by atoms with Crippen LogP contribution in [0.5, 0.6) is 5.75 Å². The number of nitrogens with zero attached hydrogens (tertiary/aromatic N) is 3. The molecule has 1 saturated heterocycles. The second kappa shape index (κ2) is 9.64. The van der Waals surface area contributed by atoms with E-state index in [0.29, 0.717) is 42.6 Å². The van der Waals surface area contributed by atoms with Crippen molar-refractivity contribution in [3.05, 3.63) is 41.9 Å². The van der Waals surface area contributed by atoms with Crippen LogP contribution in [-0.2, 0) is 11.2 Å². The van der Waals surface area contributed by atoms with Crippen LogP contribution in [0, 0.1) is 11.3 Å². The Balaban J connectivity index is 1.66. The van der Waals surface area contributed by atoms with Gasteiger partial charge >= 0.3 is 6.03 Å². The first-order valence-corrected chi connectivity index (χ1v) is 9.06. The first kappa shape index (κ1) is 19.5. The van der Waals surface area contributed by atoms with E-state index in [1.165, 1.54) is 6.20 Å². The van der Waals surface area contributed by atoms with Gasteiger partial charge in [-0.25, -0.2) is 9.78 Å². The zero-order valence-corrected chi connectivity index (χ0v) is 15.6. The number of urea groups is 1. The van der Waals surface area contributed by atoms with Crippen molar-refractivity contribution >= 4 is 17.5 Å². The van der Waals surface area contributed by atoms with Gasteiger partial charge in [0.05, 0.1) is 42.0 Å². The van der Waals surface area contributed by atoms with E-state index in [4.69, 9.17) is 14.7 Å². The van der Waals surface area contributed by atoms with Crippen molar-refractivity contribution < 1.29 is 14.3 Å². The molecule has 0 aliphatic carbocycles. The van der Waals surface area contributed by atoms with Crippen LogP contribution in [0.4, 0.5) is 16.3 Å². The van der Waals surface area contributed by atoms with Crippen LogP contribution in [0.2, 0.25) is 0 Å². The number of ether oxygens (including phenoxy) is 2. The third kappa shape index (κ3) is 5.39. The van der Waals surface area contributed by atoms with Crippen LogP contribution in [0.25, 0.3) is 0 Å². The summed E-state index contributed by atoms with van der Waals surface area (Å²) in [4.78, 5) is 20.7. The van der Waals surface area contributed by atoms with Crippen molar-refractivity contribution in [2.45, 2.75) is 19.4 Å². The lowest BCUT2D eigenvalue weighted by Crippen LogP contribution is -2.41. The Morgan fingerprint density at radius 2 is 2.29 bits per heavy atom. The van der Waals surface area contributed by atoms with Crippen LogP contribution in [0.1, 0.15) is 18.2 Å². The number of anilines is 2. The zero-order chi connectivity index (χ0) is 19.8. The summed E-state index contributed by atoms with van der Waals surface area (Å²) < 4.78 is 11.4. The number of carbonyl (C=O) groups is 1. The number of hydrogen-bond acceptors (Lipinski definition) is 7. The third-order valence-electron chi connectivity index (χ3n) is 4.10. The van der Waals surface area contributed by atoms with E-state index >= 15 is 0 Å². The molecule has 3 N–H and O–H groups in total. The standard InChI is InChI=1S/C19H22N6O3/c1-2-14-9-23-18(11-22-14)25-19(26)24-16-7-13(8-20)3-4-17(16)28-12-15-10-21-5-6-27-15/h3-4,7,9,11,15,21H,2,5-6,10,12H2,1H3,(H2,23,24,25,26). The van der Waals surface area contributed by atoms with Gasteiger partial charge in [-0.2, -0.15) is 5.26 Å². The number of aryl methyl sites for hydroxylation is 1. The van der Waals surface area contributed by atoms with Crippen LogP contribution in [0.3, 0.4) is 0 Å². The number of morpholine rings is 1. The molecule has 1 aliphatic heterocycles. The number of aromatic nitrogens is 2. The maximum atomic E-state index is 12.3. The summed E-state index contributed by atoms with van der Waals surface area (Å²) in [7, 11) is 0. The molecule has 2 amide bonds. The molecule has 1 aromatic carbocycles. The Hall–Kier alpha value is -3.22. The smallest absolute Gasteiger partial charge is 0.325 e. The average molecular weight is 382 g/mol. The third-order valence-corrected chi connectivity index (χ3v) is 4.10. The van der Waals surface area contributed by atoms with Gasteiger partial charge < -0.3 is 20.1 Å². The minimum absolute atomic E-state index is 0.0709. The quantitative estimate of drug-likeness (QED) is 0.698. The van der Waals surface area contributed by atoms with E-state index in [-0.39, 0.29) is 6.10 Å². The molecule has 0 bridgehead atoms. The molecule has 0 saturated carbocycles. The van der Waals surface area contributed by atoms with Crippen LogP contribution in [-0.4, -0.2) is 48.4 Å². The molecule has 1 atom stereocenters. The summed E-state index contributed by atoms with van der Waals surface area (Å²) in [6.45, 7) is 4.46. The maximum Gasteiger partial charge on any atom is 0.325 e. The monoisotopic (exact) mass is 382 g/mol. The molecule has 1 fully saturated rings. The molecule has 3 rings (SSSR count). The summed E-state index contributed by atoms with van der Waals surface area (Å²) >= 11 is 0. The van der Waals surface area contributed by atoms with Gasteiger partial charge in [-0.3, -0.25) is 10.3 Å². The van der Waals surface area contributed by atoms with Crippen molar-refractivity contribution in [2.75, 3.05) is 36.9 Å². The van der Waals surface area contributed by atoms with E-state index in [1.54, 1.807) is 24.4 Å². The fourth-order valence-electron chi connectivity index (χ4n) is 2.60. The largest absolute Gasteiger partial charge is 0.489 e. The molecule has 0 radical (unpaired) electrons. The number of benzene rings is 1. The predicted molar refractivity (Wildman–Crippen MR) is 103 cm³/mol. The van der Waals surface area contributed by atoms with Gasteiger partial charge in [0, 0.05) is 13.1 Å². The van der Waals surface area contributed by atoms with Gasteiger partial charge in [0.25, 0.3) is 0 Å². The Morgan fingerprint density at radius 3 is 2.96 bits per heavy atom. The lowest BCUT2D eigenvalue weighted by atomic mass is 10.2. The Bertz CT molecular complexity index is 844. The fraction of sp³-hybridized carbons (Fsp3) is 0.368. The van der Waals surface area contributed by atoms with Crippen molar-refractivity contribution in [3.8, 4) is 11.8 Å². The highest BCUT2D eigenvalue weighted by Crippen LogP contribution is 2.26. The van der Waals surface area contributed by atoms with Crippen molar-refractivity contribution in [3.63, 3.8) is 0 Å². The van der Waals surface area contributed by atoms with Crippen molar-refractivity contribution in [1.82, 2.24) is 15.3 Å². The van der Waals surface area contributed by atoms with Crippen molar-refractivity contribution in [1.29, 1.82) is 5.26 Å². The topological polar surface area (TPSA) is 121 Å². The van der Waals surface area contributed by atoms with Gasteiger partial charge in [-0.15, -0.1) is 0 Å². The van der Waals surface area contributed by atoms with Crippen LogP contribution >= 0.6 is 0 Å². The summed E-state index contributed by atoms with van der Waals surface area (Å²) in [6.07, 6.45) is 3.80. The molecule has 0 spiro atoms. The number of nitriles is 1. The highest BCUT2D eigenvalue weighted by molar-refractivity contribution is 6.00. The van der Waals surface area contributed by atoms with Crippen LogP contribution < -0.4 is 20.7 Å². The molecular weight excluding hydrogens is 360 g/mol. The molecule has 9 nitrogen and oxygen atoms in total. The molecular formula is C19H22N6O3. The van der Waals surface area contributed by atoms with Crippen molar-refractivity contribution in [2.24, 2.45) is 0 Å². The molecule has 146 valence electrons. The number of hydrogen-bond donors (Lipinski definition) is 3. The maximum absolute atomic E-state index is 12.3. The highest BCUT2D eigenvalue weighted by Gasteiger charge is 2.16. The van der Waals surface area contributed by atoms with E-state index in [0.717, 1.165) is 18.7 Å². The Labute approximate surface area is 163 Å². The second-order valence-corrected chi connectivity index (χ2v) is 6.16. The zero-order valence-electron chi connectivity index (χ0n) is 15.6. The molecule has 2 heterocycles. The van der Waals surface area contributed by atoms with Gasteiger partial charge in [0.2, 0.25) is 0 Å². The van der Waals surface area contributed by atoms with E-state index in [9.17, 15) is 4.79 Å². The Kier molecular flexibility index (Phi) is 6.73. The summed E-state index contributed by atoms with van der Waals surface area (Å²) in [5.41, 5.74) is 1.63. The molecule has 1 aliphatic rings. The van der Waals surface area contributed by atoms with Gasteiger partial charge in [0.15, 0.2) is 5.82 Å². The van der Waals surface area contributed by atoms with E-state index in [1.807, 2.05) is 6.92 Å². The molecule has 2 aromatic rings. The summed E-state index contributed by atoms with van der Waals surface area (Å²) in [5.74, 6) is 0.783. The lowest BCUT2D eigenvalue weighted by molar-refractivity contribution is 0.000350. The first-order chi connectivity index (χ1) is 13.7. The number of amides is 2. The summed E-state index contributed by atoms with van der Waals surface area (Å²) in [5, 5.41) is 17.7. The second-order valence-electron chi connectivity index (χ2n) is 6.16. The lowest BCUT2D eigenvalue weighted by Gasteiger charge is -2.24. The van der Waals surface area contributed by atoms with Gasteiger partial charge in [-0.1, -0.05) is 6.92 Å². The molecule has 1 aromatic heterocycles. The predicted octanol–water partition coefficient (Wildman–Crippen LogP) is 1.92.